The van der Waals surface area contributed by atoms with Crippen LogP contribution >= 0.6 is 15.9 Å². The third-order valence-corrected chi connectivity index (χ3v) is 5.62. The van der Waals surface area contributed by atoms with Gasteiger partial charge in [-0.1, -0.05) is 30.7 Å². The lowest BCUT2D eigenvalue weighted by atomic mass is 10.1. The molecule has 0 spiro atoms. The van der Waals surface area contributed by atoms with E-state index in [1.54, 1.807) is 30.3 Å². The van der Waals surface area contributed by atoms with Crippen LogP contribution in [0.2, 0.25) is 0 Å². The van der Waals surface area contributed by atoms with Crippen molar-refractivity contribution < 1.29 is 9.59 Å². The second-order valence-electron chi connectivity index (χ2n) is 6.99. The van der Waals surface area contributed by atoms with Crippen LogP contribution in [0.15, 0.2) is 53.0 Å². The van der Waals surface area contributed by atoms with Gasteiger partial charge in [-0.25, -0.2) is 0 Å². The number of carbonyl (C=O) groups is 2. The molecule has 148 valence electrons. The number of hydrogen-bond donors (Lipinski definition) is 2. The number of anilines is 1. The first-order valence-corrected chi connectivity index (χ1v) is 10.6. The Morgan fingerprint density at radius 2 is 1.57 bits per heavy atom. The Morgan fingerprint density at radius 1 is 0.893 bits per heavy atom. The van der Waals surface area contributed by atoms with Crippen molar-refractivity contribution in [3.63, 3.8) is 0 Å². The molecule has 2 amide bonds. The molecule has 3 rings (SSSR count). The lowest BCUT2D eigenvalue weighted by Gasteiger charge is -2.26. The van der Waals surface area contributed by atoms with Crippen LogP contribution in [-0.2, 0) is 0 Å². The molecule has 0 aromatic heterocycles. The van der Waals surface area contributed by atoms with Gasteiger partial charge in [0.05, 0.1) is 16.8 Å². The van der Waals surface area contributed by atoms with Gasteiger partial charge >= 0.3 is 0 Å². The number of rotatable bonds is 7. The van der Waals surface area contributed by atoms with E-state index >= 15 is 0 Å². The average molecular weight is 444 g/mol. The van der Waals surface area contributed by atoms with Gasteiger partial charge in [0.1, 0.15) is 0 Å². The number of hydrogen-bond acceptors (Lipinski definition) is 3. The number of likely N-dealkylation sites (tertiary alicyclic amines) is 1. The molecule has 0 radical (unpaired) electrons. The molecule has 1 fully saturated rings. The van der Waals surface area contributed by atoms with Gasteiger partial charge in [0.2, 0.25) is 0 Å². The predicted molar refractivity (Wildman–Crippen MR) is 116 cm³/mol. The summed E-state index contributed by atoms with van der Waals surface area (Å²) in [4.78, 5) is 27.6. The van der Waals surface area contributed by atoms with Gasteiger partial charge in [-0.05, 0) is 79.1 Å². The van der Waals surface area contributed by atoms with Crippen molar-refractivity contribution in [2.45, 2.75) is 25.7 Å². The number of halogens is 1. The van der Waals surface area contributed by atoms with Gasteiger partial charge in [0.15, 0.2) is 0 Å². The normalized spacial score (nSPS) is 14.5. The highest BCUT2D eigenvalue weighted by atomic mass is 79.9. The van der Waals surface area contributed by atoms with Gasteiger partial charge in [-0.3, -0.25) is 9.59 Å². The van der Waals surface area contributed by atoms with E-state index in [0.29, 0.717) is 27.8 Å². The van der Waals surface area contributed by atoms with Crippen LogP contribution < -0.4 is 10.6 Å². The van der Waals surface area contributed by atoms with Crippen LogP contribution in [0, 0.1) is 0 Å². The van der Waals surface area contributed by atoms with Gasteiger partial charge in [0.25, 0.3) is 11.8 Å². The van der Waals surface area contributed by atoms with Crippen LogP contribution in [0.3, 0.4) is 0 Å². The fourth-order valence-corrected chi connectivity index (χ4v) is 3.87. The molecule has 6 heteroatoms. The summed E-state index contributed by atoms with van der Waals surface area (Å²) >= 11 is 3.39. The summed E-state index contributed by atoms with van der Waals surface area (Å²) in [6.45, 7) is 3.97. The van der Waals surface area contributed by atoms with E-state index in [2.05, 4.69) is 31.5 Å². The molecule has 2 N–H and O–H groups in total. The van der Waals surface area contributed by atoms with E-state index < -0.39 is 0 Å². The fourth-order valence-electron chi connectivity index (χ4n) is 3.41. The smallest absolute Gasteiger partial charge is 0.256 e. The summed E-state index contributed by atoms with van der Waals surface area (Å²) in [6.07, 6.45) is 4.81. The van der Waals surface area contributed by atoms with Crippen molar-refractivity contribution in [2.75, 3.05) is 31.5 Å². The van der Waals surface area contributed by atoms with Gasteiger partial charge < -0.3 is 15.5 Å². The van der Waals surface area contributed by atoms with Gasteiger partial charge in [0, 0.05) is 11.0 Å². The summed E-state index contributed by atoms with van der Waals surface area (Å²) in [5.41, 5.74) is 1.51. The van der Waals surface area contributed by atoms with Crippen LogP contribution in [0.5, 0.6) is 0 Å². The minimum atomic E-state index is -0.252. The van der Waals surface area contributed by atoms with Gasteiger partial charge in [-0.15, -0.1) is 0 Å². The van der Waals surface area contributed by atoms with Crippen molar-refractivity contribution >= 4 is 33.4 Å². The summed E-state index contributed by atoms with van der Waals surface area (Å²) in [7, 11) is 0. The third-order valence-electron chi connectivity index (χ3n) is 4.92. The van der Waals surface area contributed by atoms with E-state index in [-0.39, 0.29) is 11.8 Å². The van der Waals surface area contributed by atoms with Crippen LogP contribution in [0.1, 0.15) is 46.4 Å². The molecule has 2 aromatic rings. The second kappa shape index (κ2) is 10.4. The number of para-hydroxylation sites is 1. The molecule has 5 nitrogen and oxygen atoms in total. The summed E-state index contributed by atoms with van der Waals surface area (Å²) in [5, 5.41) is 5.83. The van der Waals surface area contributed by atoms with Crippen molar-refractivity contribution in [1.29, 1.82) is 0 Å². The van der Waals surface area contributed by atoms with Crippen molar-refractivity contribution in [1.82, 2.24) is 10.2 Å². The SMILES string of the molecule is O=C(Nc1ccccc1C(=O)NCCCN1CCCCC1)c1ccccc1Br. The van der Waals surface area contributed by atoms with E-state index in [4.69, 9.17) is 0 Å². The minimum absolute atomic E-state index is 0.165. The molecular formula is C22H26BrN3O2. The van der Waals surface area contributed by atoms with Crippen molar-refractivity contribution in [3.8, 4) is 0 Å². The molecule has 1 aliphatic rings. The molecule has 0 bridgehead atoms. The lowest BCUT2D eigenvalue weighted by molar-refractivity contribution is 0.0952. The number of carbonyl (C=O) groups excluding carboxylic acids is 2. The van der Waals surface area contributed by atoms with Gasteiger partial charge in [-0.2, -0.15) is 0 Å². The first-order chi connectivity index (χ1) is 13.6. The molecule has 0 saturated carbocycles. The average Bonchev–Trinajstić information content (AvgIpc) is 2.72. The molecule has 0 unspecified atom stereocenters. The van der Waals surface area contributed by atoms with E-state index in [0.717, 1.165) is 26.1 Å². The van der Waals surface area contributed by atoms with Crippen LogP contribution in [0.4, 0.5) is 5.69 Å². The second-order valence-corrected chi connectivity index (χ2v) is 7.85. The largest absolute Gasteiger partial charge is 0.352 e. The van der Waals surface area contributed by atoms with E-state index in [1.807, 2.05) is 18.2 Å². The zero-order valence-corrected chi connectivity index (χ0v) is 17.5. The van der Waals surface area contributed by atoms with E-state index in [9.17, 15) is 9.59 Å². The Balaban J connectivity index is 1.56. The Morgan fingerprint density at radius 3 is 2.32 bits per heavy atom. The summed E-state index contributed by atoms with van der Waals surface area (Å²) in [6, 6.07) is 14.3. The molecule has 0 atom stereocenters. The Bertz CT molecular complexity index is 819. The molecular weight excluding hydrogens is 418 g/mol. The monoisotopic (exact) mass is 443 g/mol. The first-order valence-electron chi connectivity index (χ1n) is 9.80. The summed E-state index contributed by atoms with van der Waals surface area (Å²) in [5.74, 6) is -0.417. The highest BCUT2D eigenvalue weighted by Gasteiger charge is 2.15. The maximum Gasteiger partial charge on any atom is 0.256 e. The molecule has 28 heavy (non-hydrogen) atoms. The van der Waals surface area contributed by atoms with Crippen molar-refractivity contribution in [3.05, 3.63) is 64.1 Å². The molecule has 1 aliphatic heterocycles. The highest BCUT2D eigenvalue weighted by molar-refractivity contribution is 9.10. The number of benzene rings is 2. The topological polar surface area (TPSA) is 61.4 Å². The lowest BCUT2D eigenvalue weighted by Crippen LogP contribution is -2.33. The zero-order valence-electron chi connectivity index (χ0n) is 15.9. The molecule has 1 heterocycles. The summed E-state index contributed by atoms with van der Waals surface area (Å²) < 4.78 is 0.715. The number of nitrogens with one attached hydrogen (secondary N) is 2. The van der Waals surface area contributed by atoms with E-state index in [1.165, 1.54) is 19.3 Å². The Hall–Kier alpha value is -2.18. The maximum absolute atomic E-state index is 12.6. The minimum Gasteiger partial charge on any atom is -0.352 e. The van der Waals surface area contributed by atoms with Crippen LogP contribution in [-0.4, -0.2) is 42.9 Å². The Labute approximate surface area is 174 Å². The fraction of sp³-hybridized carbons (Fsp3) is 0.364. The molecule has 0 aliphatic carbocycles. The highest BCUT2D eigenvalue weighted by Crippen LogP contribution is 2.20. The van der Waals surface area contributed by atoms with Crippen LogP contribution in [0.25, 0.3) is 0 Å². The first kappa shape index (κ1) is 20.6. The van der Waals surface area contributed by atoms with Crippen molar-refractivity contribution in [2.24, 2.45) is 0 Å². The predicted octanol–water partition coefficient (Wildman–Crippen LogP) is 4.31. The third kappa shape index (κ3) is 5.66. The molecule has 2 aromatic carbocycles. The number of nitrogens with zero attached hydrogens (tertiary/aromatic N) is 1. The molecule has 1 saturated heterocycles. The quantitative estimate of drug-likeness (QED) is 0.626. The standard InChI is InChI=1S/C22H26BrN3O2/c23-19-11-4-2-9-17(19)22(28)25-20-12-5-3-10-18(20)21(27)24-13-8-16-26-14-6-1-7-15-26/h2-5,9-12H,1,6-8,13-16H2,(H,24,27)(H,25,28). The number of amides is 2. The zero-order chi connectivity index (χ0) is 19.8. The maximum atomic E-state index is 12.6. The number of piperidine rings is 1. The Kier molecular flexibility index (Phi) is 7.62.